The Kier molecular flexibility index (Phi) is 5.29. The third-order valence-electron chi connectivity index (χ3n) is 2.06. The van der Waals surface area contributed by atoms with E-state index in [4.69, 9.17) is 15.6 Å². The van der Waals surface area contributed by atoms with Gasteiger partial charge in [0.15, 0.2) is 0 Å². The molecule has 0 spiro atoms. The van der Waals surface area contributed by atoms with Gasteiger partial charge in [-0.15, -0.1) is 0 Å². The molecule has 0 unspecified atom stereocenters. The Morgan fingerprint density at radius 1 is 1.38 bits per heavy atom. The van der Waals surface area contributed by atoms with Gasteiger partial charge in [0, 0.05) is 5.69 Å². The molecule has 0 saturated carbocycles. The van der Waals surface area contributed by atoms with Gasteiger partial charge < -0.3 is 20.4 Å². The van der Waals surface area contributed by atoms with E-state index in [1.165, 1.54) is 0 Å². The SMILES string of the molecule is CC(C)(C)OC(=O)C1=NO1.Nc1cccc(CC(=O)O)c1. The number of anilines is 1. The van der Waals surface area contributed by atoms with Crippen molar-refractivity contribution in [3.63, 3.8) is 0 Å². The largest absolute Gasteiger partial charge is 0.481 e. The van der Waals surface area contributed by atoms with Gasteiger partial charge in [-0.3, -0.25) is 4.79 Å². The summed E-state index contributed by atoms with van der Waals surface area (Å²) in [6, 6.07) is 6.87. The van der Waals surface area contributed by atoms with E-state index in [2.05, 4.69) is 9.99 Å². The van der Waals surface area contributed by atoms with Crippen molar-refractivity contribution in [1.82, 2.24) is 0 Å². The minimum absolute atomic E-state index is 0.0328. The van der Waals surface area contributed by atoms with Crippen LogP contribution in [-0.2, 0) is 25.6 Å². The average Bonchev–Trinajstić information content (AvgIpc) is 3.09. The third-order valence-corrected chi connectivity index (χ3v) is 2.06. The van der Waals surface area contributed by atoms with Crippen LogP contribution in [-0.4, -0.2) is 28.5 Å². The Hall–Kier alpha value is -2.57. The number of carbonyl (C=O) groups is 2. The summed E-state index contributed by atoms with van der Waals surface area (Å²) in [6.07, 6.45) is 0.0328. The molecule has 7 nitrogen and oxygen atoms in total. The standard InChI is InChI=1S/C8H9NO2.C6H9NO3/c9-7-3-1-2-6(4-7)5-8(10)11;1-6(2,3)9-5(8)4-7-10-4/h1-4H,5,9H2,(H,10,11);1-3H3. The Balaban J connectivity index is 0.000000211. The number of ether oxygens (including phenoxy) is 1. The fraction of sp³-hybridized carbons (Fsp3) is 0.357. The first-order chi connectivity index (χ1) is 9.67. The summed E-state index contributed by atoms with van der Waals surface area (Å²) in [6.45, 7) is 5.36. The Morgan fingerprint density at radius 2 is 2.00 bits per heavy atom. The molecule has 21 heavy (non-hydrogen) atoms. The van der Waals surface area contributed by atoms with Crippen molar-refractivity contribution in [3.05, 3.63) is 29.8 Å². The molecule has 3 N–H and O–H groups in total. The van der Waals surface area contributed by atoms with E-state index < -0.39 is 17.5 Å². The second-order valence-electron chi connectivity index (χ2n) is 5.31. The molecule has 1 aliphatic rings. The average molecular weight is 294 g/mol. The Morgan fingerprint density at radius 3 is 2.43 bits per heavy atom. The molecule has 0 fully saturated rings. The van der Waals surface area contributed by atoms with E-state index in [-0.39, 0.29) is 12.3 Å². The molecule has 0 aliphatic carbocycles. The number of oxime groups is 1. The first kappa shape index (κ1) is 16.5. The zero-order valence-electron chi connectivity index (χ0n) is 12.1. The second-order valence-corrected chi connectivity index (χ2v) is 5.31. The van der Waals surface area contributed by atoms with Gasteiger partial charge >= 0.3 is 17.8 Å². The number of hydrogen-bond donors (Lipinski definition) is 2. The fourth-order valence-electron chi connectivity index (χ4n) is 1.30. The lowest BCUT2D eigenvalue weighted by Crippen LogP contribution is -2.25. The molecule has 2 rings (SSSR count). The molecule has 0 bridgehead atoms. The highest BCUT2D eigenvalue weighted by molar-refractivity contribution is 6.35. The van der Waals surface area contributed by atoms with Gasteiger partial charge in [0.25, 0.3) is 0 Å². The van der Waals surface area contributed by atoms with Crippen LogP contribution in [0, 0.1) is 0 Å². The maximum atomic E-state index is 10.7. The highest BCUT2D eigenvalue weighted by Crippen LogP contribution is 2.11. The Bertz CT molecular complexity index is 561. The number of nitrogens with two attached hydrogens (primary N) is 1. The minimum Gasteiger partial charge on any atom is -0.481 e. The summed E-state index contributed by atoms with van der Waals surface area (Å²) in [7, 11) is 0. The monoisotopic (exact) mass is 294 g/mol. The summed E-state index contributed by atoms with van der Waals surface area (Å²) in [5.41, 5.74) is 6.31. The van der Waals surface area contributed by atoms with Crippen LogP contribution in [0.4, 0.5) is 5.69 Å². The lowest BCUT2D eigenvalue weighted by molar-refractivity contribution is -0.146. The summed E-state index contributed by atoms with van der Waals surface area (Å²) in [5, 5.41) is 11.6. The van der Waals surface area contributed by atoms with Gasteiger partial charge in [-0.05, 0) is 43.6 Å². The van der Waals surface area contributed by atoms with Crippen molar-refractivity contribution in [2.24, 2.45) is 5.16 Å². The first-order valence-corrected chi connectivity index (χ1v) is 6.22. The number of carboxylic acid groups (broad SMARTS) is 1. The van der Waals surface area contributed by atoms with Gasteiger partial charge in [-0.25, -0.2) is 4.79 Å². The van der Waals surface area contributed by atoms with Crippen LogP contribution in [0.2, 0.25) is 0 Å². The molecule has 0 aromatic heterocycles. The predicted octanol–water partition coefficient (Wildman–Crippen LogP) is 1.57. The summed E-state index contributed by atoms with van der Waals surface area (Å²) >= 11 is 0. The van der Waals surface area contributed by atoms with Crippen LogP contribution in [0.1, 0.15) is 26.3 Å². The van der Waals surface area contributed by atoms with Crippen molar-refractivity contribution < 1.29 is 24.3 Å². The van der Waals surface area contributed by atoms with Crippen LogP contribution in [0.15, 0.2) is 29.4 Å². The number of rotatable bonds is 3. The van der Waals surface area contributed by atoms with Crippen molar-refractivity contribution in [2.75, 3.05) is 5.73 Å². The quantitative estimate of drug-likeness (QED) is 0.646. The molecular formula is C14H18N2O5. The van der Waals surface area contributed by atoms with Crippen LogP contribution in [0.3, 0.4) is 0 Å². The van der Waals surface area contributed by atoms with Crippen LogP contribution in [0.5, 0.6) is 0 Å². The molecule has 114 valence electrons. The molecule has 0 atom stereocenters. The summed E-state index contributed by atoms with van der Waals surface area (Å²) in [5.74, 6) is -1.27. The smallest absolute Gasteiger partial charge is 0.400 e. The normalized spacial score (nSPS) is 12.2. The van der Waals surface area contributed by atoms with Gasteiger partial charge in [-0.1, -0.05) is 12.1 Å². The lowest BCUT2D eigenvalue weighted by Gasteiger charge is -2.16. The number of benzene rings is 1. The third kappa shape index (κ3) is 7.56. The lowest BCUT2D eigenvalue weighted by atomic mass is 10.1. The molecule has 0 radical (unpaired) electrons. The maximum Gasteiger partial charge on any atom is 0.400 e. The van der Waals surface area contributed by atoms with Crippen molar-refractivity contribution in [2.45, 2.75) is 32.8 Å². The van der Waals surface area contributed by atoms with Crippen LogP contribution in [0.25, 0.3) is 0 Å². The van der Waals surface area contributed by atoms with E-state index in [0.29, 0.717) is 5.69 Å². The number of esters is 1. The first-order valence-electron chi connectivity index (χ1n) is 6.22. The van der Waals surface area contributed by atoms with Crippen LogP contribution >= 0.6 is 0 Å². The zero-order valence-corrected chi connectivity index (χ0v) is 12.1. The van der Waals surface area contributed by atoms with E-state index in [1.54, 1.807) is 45.0 Å². The van der Waals surface area contributed by atoms with Crippen molar-refractivity contribution in [1.29, 1.82) is 0 Å². The summed E-state index contributed by atoms with van der Waals surface area (Å²) in [4.78, 5) is 25.3. The molecule has 1 aliphatic heterocycles. The molecule has 0 saturated heterocycles. The van der Waals surface area contributed by atoms with E-state index >= 15 is 0 Å². The molecule has 1 heterocycles. The summed E-state index contributed by atoms with van der Waals surface area (Å²) < 4.78 is 4.87. The van der Waals surface area contributed by atoms with Gasteiger partial charge in [-0.2, -0.15) is 0 Å². The van der Waals surface area contributed by atoms with Crippen molar-refractivity contribution >= 4 is 23.5 Å². The predicted molar refractivity (Wildman–Crippen MR) is 76.6 cm³/mol. The number of nitrogen functional groups attached to an aromatic ring is 1. The van der Waals surface area contributed by atoms with E-state index in [1.807, 2.05) is 0 Å². The molecular weight excluding hydrogens is 276 g/mol. The zero-order chi connectivity index (χ0) is 16.0. The Labute approximate surface area is 122 Å². The molecule has 7 heteroatoms. The number of carboxylic acids is 1. The molecule has 1 aromatic carbocycles. The molecule has 0 amide bonds. The number of carbonyl (C=O) groups excluding carboxylic acids is 1. The van der Waals surface area contributed by atoms with Crippen molar-refractivity contribution in [3.8, 4) is 0 Å². The van der Waals surface area contributed by atoms with Gasteiger partial charge in [0.1, 0.15) is 5.60 Å². The second kappa shape index (κ2) is 6.74. The maximum absolute atomic E-state index is 10.7. The van der Waals surface area contributed by atoms with Gasteiger partial charge in [0.2, 0.25) is 0 Å². The van der Waals surface area contributed by atoms with Gasteiger partial charge in [0.05, 0.1) is 6.42 Å². The number of hydrogen-bond acceptors (Lipinski definition) is 6. The highest BCUT2D eigenvalue weighted by Gasteiger charge is 2.30. The fourth-order valence-corrected chi connectivity index (χ4v) is 1.30. The van der Waals surface area contributed by atoms with E-state index in [9.17, 15) is 9.59 Å². The molecule has 1 aromatic rings. The highest BCUT2D eigenvalue weighted by atomic mass is 16.8. The number of nitrogens with zero attached hydrogens (tertiary/aromatic N) is 1. The topological polar surface area (TPSA) is 115 Å². The van der Waals surface area contributed by atoms with Crippen LogP contribution < -0.4 is 5.73 Å². The number of aliphatic carboxylic acids is 1. The minimum atomic E-state index is -0.837. The van der Waals surface area contributed by atoms with E-state index in [0.717, 1.165) is 5.56 Å².